The van der Waals surface area contributed by atoms with E-state index in [0.717, 1.165) is 37.7 Å². The molecule has 3 aromatic rings. The van der Waals surface area contributed by atoms with E-state index in [4.69, 9.17) is 13.9 Å². The lowest BCUT2D eigenvalue weighted by molar-refractivity contribution is -0.150. The number of likely N-dealkylation sites (tertiary alicyclic amines) is 1. The number of benzene rings is 2. The molecular weight excluding hydrogens is 508 g/mol. The molecule has 0 unspecified atom stereocenters. The molecule has 1 aliphatic heterocycles. The number of anilines is 2. The summed E-state index contributed by atoms with van der Waals surface area (Å²) in [6.45, 7) is 5.02. The first kappa shape index (κ1) is 27.1. The number of ether oxygens (including phenoxy) is 2. The number of aryl methyl sites for hydroxylation is 1. The van der Waals surface area contributed by atoms with Gasteiger partial charge in [0.25, 0.3) is 6.01 Å². The summed E-state index contributed by atoms with van der Waals surface area (Å²) in [7, 11) is 0. The third-order valence-corrected chi connectivity index (χ3v) is 7.54. The fourth-order valence-electron chi connectivity index (χ4n) is 5.34. The van der Waals surface area contributed by atoms with Crippen LogP contribution in [0.5, 0.6) is 0 Å². The van der Waals surface area contributed by atoms with Crippen LogP contribution in [-0.2, 0) is 25.5 Å². The van der Waals surface area contributed by atoms with Crippen molar-refractivity contribution >= 4 is 34.7 Å². The van der Waals surface area contributed by atoms with Crippen molar-refractivity contribution in [3.8, 4) is 0 Å². The number of fused-ring (bicyclic) bond motifs is 1. The van der Waals surface area contributed by atoms with Gasteiger partial charge in [-0.2, -0.15) is 4.98 Å². The van der Waals surface area contributed by atoms with Crippen molar-refractivity contribution in [3.05, 3.63) is 53.1 Å². The number of carbonyl (C=O) groups is 2. The van der Waals surface area contributed by atoms with Gasteiger partial charge in [-0.3, -0.25) is 9.59 Å². The maximum absolute atomic E-state index is 15.3. The summed E-state index contributed by atoms with van der Waals surface area (Å²) in [6, 6.07) is 7.47. The maximum atomic E-state index is 15.3. The quantitative estimate of drug-likeness (QED) is 0.380. The zero-order valence-electron chi connectivity index (χ0n) is 22.2. The molecule has 39 heavy (non-hydrogen) atoms. The lowest BCUT2D eigenvalue weighted by Crippen LogP contribution is -2.34. The van der Waals surface area contributed by atoms with Crippen LogP contribution in [0.1, 0.15) is 50.2 Å². The summed E-state index contributed by atoms with van der Waals surface area (Å²) in [5, 5.41) is 2.89. The first-order chi connectivity index (χ1) is 18.8. The van der Waals surface area contributed by atoms with Crippen LogP contribution in [0.3, 0.4) is 0 Å². The molecule has 0 bridgehead atoms. The molecule has 10 heteroatoms. The molecule has 2 aromatic carbocycles. The Labute approximate surface area is 225 Å². The number of oxazole rings is 1. The van der Waals surface area contributed by atoms with E-state index in [1.807, 2.05) is 6.92 Å². The van der Waals surface area contributed by atoms with Gasteiger partial charge in [0.05, 0.1) is 31.2 Å². The Morgan fingerprint density at radius 3 is 2.67 bits per heavy atom. The van der Waals surface area contributed by atoms with E-state index in [9.17, 15) is 14.0 Å². The van der Waals surface area contributed by atoms with E-state index >= 15 is 4.39 Å². The molecule has 1 saturated carbocycles. The van der Waals surface area contributed by atoms with E-state index in [1.165, 1.54) is 12.1 Å². The summed E-state index contributed by atoms with van der Waals surface area (Å²) < 4.78 is 45.9. The third-order valence-electron chi connectivity index (χ3n) is 7.54. The highest BCUT2D eigenvalue weighted by molar-refractivity contribution is 5.82. The minimum atomic E-state index is -0.636. The number of halogens is 2. The van der Waals surface area contributed by atoms with Crippen LogP contribution in [-0.4, -0.2) is 53.7 Å². The molecule has 0 radical (unpaired) electrons. The Bertz CT molecular complexity index is 1350. The monoisotopic (exact) mass is 541 g/mol. The molecule has 1 atom stereocenters. The first-order valence-corrected chi connectivity index (χ1v) is 13.5. The van der Waals surface area contributed by atoms with Gasteiger partial charge in [0.15, 0.2) is 11.4 Å². The average Bonchev–Trinajstić information content (AvgIpc) is 3.56. The van der Waals surface area contributed by atoms with Crippen LogP contribution in [0.15, 0.2) is 34.7 Å². The summed E-state index contributed by atoms with van der Waals surface area (Å²) in [5.41, 5.74) is 1.71. The molecule has 1 saturated heterocycles. The Morgan fingerprint density at radius 1 is 1.10 bits per heavy atom. The van der Waals surface area contributed by atoms with Gasteiger partial charge < -0.3 is 24.1 Å². The third kappa shape index (κ3) is 6.21. The zero-order valence-corrected chi connectivity index (χ0v) is 22.2. The van der Waals surface area contributed by atoms with Crippen molar-refractivity contribution in [3.63, 3.8) is 0 Å². The SMILES string of the molecule is CCOC(=O)C1CCC(O[C@@H]2CCN(C(=O)Cc3ccc4nc(Nc5cc(F)ccc5C)oc4c3F)C2)CC1. The average molecular weight is 542 g/mol. The van der Waals surface area contributed by atoms with Crippen molar-refractivity contribution in [2.75, 3.05) is 25.0 Å². The van der Waals surface area contributed by atoms with Crippen molar-refractivity contribution in [2.45, 2.75) is 64.6 Å². The van der Waals surface area contributed by atoms with Crippen molar-refractivity contribution in [1.29, 1.82) is 0 Å². The van der Waals surface area contributed by atoms with E-state index in [0.29, 0.717) is 30.9 Å². The molecule has 1 amide bonds. The number of hydrogen-bond donors (Lipinski definition) is 1. The fourth-order valence-corrected chi connectivity index (χ4v) is 5.34. The van der Waals surface area contributed by atoms with E-state index in [-0.39, 0.29) is 53.6 Å². The van der Waals surface area contributed by atoms with Crippen molar-refractivity contribution in [2.24, 2.45) is 5.92 Å². The van der Waals surface area contributed by atoms with E-state index < -0.39 is 11.6 Å². The minimum absolute atomic E-state index is 0.0388. The molecule has 208 valence electrons. The molecule has 2 heterocycles. The molecule has 5 rings (SSSR count). The number of rotatable bonds is 8. The number of nitrogens with one attached hydrogen (secondary N) is 1. The number of carbonyl (C=O) groups excluding carboxylic acids is 2. The van der Waals surface area contributed by atoms with Crippen LogP contribution in [0.2, 0.25) is 0 Å². The van der Waals surface area contributed by atoms with Crippen LogP contribution in [0.25, 0.3) is 11.1 Å². The molecule has 8 nitrogen and oxygen atoms in total. The molecule has 1 N–H and O–H groups in total. The van der Waals surface area contributed by atoms with Gasteiger partial charge in [-0.15, -0.1) is 0 Å². The second-order valence-corrected chi connectivity index (χ2v) is 10.3. The summed E-state index contributed by atoms with van der Waals surface area (Å²) in [6.07, 6.45) is 3.72. The van der Waals surface area contributed by atoms with Crippen LogP contribution >= 0.6 is 0 Å². The predicted octanol–water partition coefficient (Wildman–Crippen LogP) is 5.44. The highest BCUT2D eigenvalue weighted by atomic mass is 19.1. The van der Waals surface area contributed by atoms with Crippen LogP contribution in [0.4, 0.5) is 20.5 Å². The van der Waals surface area contributed by atoms with Crippen molar-refractivity contribution < 1.29 is 32.3 Å². The molecule has 0 spiro atoms. The number of esters is 1. The smallest absolute Gasteiger partial charge is 0.308 e. The highest BCUT2D eigenvalue weighted by Gasteiger charge is 2.33. The Morgan fingerprint density at radius 2 is 1.90 bits per heavy atom. The fraction of sp³-hybridized carbons (Fsp3) is 0.483. The number of aromatic nitrogens is 1. The van der Waals surface area contributed by atoms with Crippen LogP contribution < -0.4 is 5.32 Å². The van der Waals surface area contributed by atoms with Gasteiger partial charge in [0.2, 0.25) is 5.91 Å². The molecule has 1 aromatic heterocycles. The number of amides is 1. The number of hydrogen-bond acceptors (Lipinski definition) is 7. The largest absolute Gasteiger partial charge is 0.466 e. The second kappa shape index (κ2) is 11.7. The predicted molar refractivity (Wildman–Crippen MR) is 141 cm³/mol. The summed E-state index contributed by atoms with van der Waals surface area (Å²) >= 11 is 0. The van der Waals surface area contributed by atoms with Gasteiger partial charge in [-0.1, -0.05) is 12.1 Å². The highest BCUT2D eigenvalue weighted by Crippen LogP contribution is 2.31. The van der Waals surface area contributed by atoms with Gasteiger partial charge in [0.1, 0.15) is 11.3 Å². The first-order valence-electron chi connectivity index (χ1n) is 13.5. The Hall–Kier alpha value is -3.53. The molecule has 1 aliphatic carbocycles. The minimum Gasteiger partial charge on any atom is -0.466 e. The van der Waals surface area contributed by atoms with Crippen LogP contribution in [0, 0.1) is 24.5 Å². The lowest BCUT2D eigenvalue weighted by Gasteiger charge is -2.29. The van der Waals surface area contributed by atoms with Gasteiger partial charge in [0, 0.05) is 24.3 Å². The van der Waals surface area contributed by atoms with E-state index in [1.54, 1.807) is 30.0 Å². The van der Waals surface area contributed by atoms with Crippen molar-refractivity contribution in [1.82, 2.24) is 9.88 Å². The zero-order chi connectivity index (χ0) is 27.5. The molecular formula is C29H33F2N3O5. The Kier molecular flexibility index (Phi) is 8.11. The second-order valence-electron chi connectivity index (χ2n) is 10.3. The normalized spacial score (nSPS) is 21.3. The van der Waals surface area contributed by atoms with Gasteiger partial charge in [-0.25, -0.2) is 8.78 Å². The van der Waals surface area contributed by atoms with Gasteiger partial charge in [-0.05, 0) is 69.7 Å². The molecule has 2 fully saturated rings. The maximum Gasteiger partial charge on any atom is 0.308 e. The topological polar surface area (TPSA) is 93.9 Å². The lowest BCUT2D eigenvalue weighted by atomic mass is 9.87. The summed E-state index contributed by atoms with van der Waals surface area (Å²) in [5.74, 6) is -1.41. The van der Waals surface area contributed by atoms with Gasteiger partial charge >= 0.3 is 5.97 Å². The standard InChI is InChI=1S/C29H33F2N3O5/c1-3-37-28(36)18-5-9-21(10-6-18)38-22-12-13-34(16-22)25(35)14-19-7-11-23-27(26(19)31)39-29(32-23)33-24-15-20(30)8-4-17(24)2/h4,7-8,11,15,18,21-22H,3,5-6,9-10,12-14,16H2,1-2H3,(H,32,33)/t18?,21?,22-/m1/s1. The number of nitrogens with zero attached hydrogens (tertiary/aromatic N) is 2. The molecule has 2 aliphatic rings. The Balaban J connectivity index is 1.16. The summed E-state index contributed by atoms with van der Waals surface area (Å²) in [4.78, 5) is 30.9. The van der Waals surface area contributed by atoms with E-state index in [2.05, 4.69) is 10.3 Å².